The minimum absolute atomic E-state index is 0.226. The highest BCUT2D eigenvalue weighted by Gasteiger charge is 2.38. The van der Waals surface area contributed by atoms with E-state index in [1.807, 2.05) is 0 Å². The van der Waals surface area contributed by atoms with Gasteiger partial charge in [-0.05, 0) is 103 Å². The second-order valence-electron chi connectivity index (χ2n) is 12.0. The zero-order chi connectivity index (χ0) is 22.0. The molecule has 0 radical (unpaired) electrons. The fourth-order valence-electron chi connectivity index (χ4n) is 7.03. The van der Waals surface area contributed by atoms with Crippen molar-refractivity contribution in [1.29, 1.82) is 0 Å². The van der Waals surface area contributed by atoms with E-state index in [-0.39, 0.29) is 6.04 Å². The molecular formula is C29H49N. The zero-order valence-corrected chi connectivity index (χ0v) is 21.0. The van der Waals surface area contributed by atoms with Gasteiger partial charge in [0.25, 0.3) is 0 Å². The summed E-state index contributed by atoms with van der Waals surface area (Å²) >= 11 is 0. The van der Waals surface area contributed by atoms with Crippen LogP contribution >= 0.6 is 0 Å². The maximum atomic E-state index is 6.37. The van der Waals surface area contributed by atoms with E-state index in [2.05, 4.69) is 66.7 Å². The Bertz CT molecular complexity index is 673. The molecule has 0 heterocycles. The van der Waals surface area contributed by atoms with Crippen LogP contribution in [0.1, 0.15) is 116 Å². The van der Waals surface area contributed by atoms with E-state index in [4.69, 9.17) is 5.73 Å². The molecule has 0 bridgehead atoms. The Labute approximate surface area is 187 Å². The Morgan fingerprint density at radius 2 is 1.33 bits per heavy atom. The number of nitrogens with two attached hydrogens (primary N) is 1. The van der Waals surface area contributed by atoms with Crippen molar-refractivity contribution >= 4 is 0 Å². The van der Waals surface area contributed by atoms with E-state index >= 15 is 0 Å². The van der Waals surface area contributed by atoms with Crippen molar-refractivity contribution in [1.82, 2.24) is 0 Å². The van der Waals surface area contributed by atoms with Gasteiger partial charge in [0.1, 0.15) is 0 Å². The van der Waals surface area contributed by atoms with Crippen LogP contribution in [0, 0.1) is 35.5 Å². The lowest BCUT2D eigenvalue weighted by atomic mass is 9.61. The second kappa shape index (κ2) is 10.2. The molecule has 0 amide bonds. The van der Waals surface area contributed by atoms with Crippen LogP contribution in [0.15, 0.2) is 18.2 Å². The van der Waals surface area contributed by atoms with Crippen molar-refractivity contribution in [2.75, 3.05) is 0 Å². The van der Waals surface area contributed by atoms with Crippen molar-refractivity contribution in [2.45, 2.75) is 111 Å². The first-order chi connectivity index (χ1) is 14.2. The Kier molecular flexibility index (Phi) is 8.10. The minimum atomic E-state index is 0.226. The highest BCUT2D eigenvalue weighted by molar-refractivity contribution is 5.42. The first-order valence-corrected chi connectivity index (χ1v) is 13.1. The van der Waals surface area contributed by atoms with E-state index in [1.165, 1.54) is 38.5 Å². The van der Waals surface area contributed by atoms with Gasteiger partial charge in [0, 0.05) is 6.04 Å². The van der Waals surface area contributed by atoms with Crippen molar-refractivity contribution in [3.8, 4) is 0 Å². The summed E-state index contributed by atoms with van der Waals surface area (Å²) in [6.45, 7) is 17.0. The monoisotopic (exact) mass is 411 g/mol. The fraction of sp³-hybridized carbons (Fsp3) is 0.793. The summed E-state index contributed by atoms with van der Waals surface area (Å²) in [7, 11) is 0. The summed E-state index contributed by atoms with van der Waals surface area (Å²) in [5.41, 5.74) is 11.4. The normalized spacial score (nSPS) is 33.8. The summed E-state index contributed by atoms with van der Waals surface area (Å²) in [5, 5.41) is 0. The number of benzene rings is 1. The van der Waals surface area contributed by atoms with Crippen LogP contribution in [-0.2, 0) is 6.42 Å². The molecule has 2 N–H and O–H groups in total. The molecule has 0 spiro atoms. The fourth-order valence-corrected chi connectivity index (χ4v) is 7.03. The van der Waals surface area contributed by atoms with Gasteiger partial charge in [0.2, 0.25) is 0 Å². The molecule has 170 valence electrons. The minimum Gasteiger partial charge on any atom is -0.328 e. The summed E-state index contributed by atoms with van der Waals surface area (Å²) in [6.07, 6.45) is 9.35. The van der Waals surface area contributed by atoms with Crippen molar-refractivity contribution in [2.24, 2.45) is 41.2 Å². The highest BCUT2D eigenvalue weighted by atomic mass is 14.6. The third kappa shape index (κ3) is 5.32. The lowest BCUT2D eigenvalue weighted by Gasteiger charge is -2.43. The van der Waals surface area contributed by atoms with Gasteiger partial charge in [-0.15, -0.1) is 0 Å². The van der Waals surface area contributed by atoms with Crippen LogP contribution in [0.4, 0.5) is 0 Å². The Hall–Kier alpha value is -0.820. The summed E-state index contributed by atoms with van der Waals surface area (Å²) in [6, 6.07) is 7.51. The van der Waals surface area contributed by atoms with Crippen LogP contribution in [0.25, 0.3) is 0 Å². The maximum Gasteiger partial charge on any atom is 0.00510 e. The van der Waals surface area contributed by atoms with Crippen molar-refractivity contribution < 1.29 is 0 Å². The van der Waals surface area contributed by atoms with Crippen LogP contribution in [-0.4, -0.2) is 6.04 Å². The molecule has 1 aromatic carbocycles. The smallest absolute Gasteiger partial charge is 0.00510 e. The predicted octanol–water partition coefficient (Wildman–Crippen LogP) is 7.93. The summed E-state index contributed by atoms with van der Waals surface area (Å²) in [4.78, 5) is 0. The van der Waals surface area contributed by atoms with Gasteiger partial charge < -0.3 is 5.73 Å². The topological polar surface area (TPSA) is 26.0 Å². The average molecular weight is 412 g/mol. The SMILES string of the molecule is CC(N)Cc1cccc(C2CC(C)CCC2C(C)C)c1C1CC(C)CCC1C(C)C. The molecule has 2 aliphatic carbocycles. The Balaban J connectivity index is 2.13. The van der Waals surface area contributed by atoms with Crippen LogP contribution < -0.4 is 5.73 Å². The number of hydrogen-bond acceptors (Lipinski definition) is 1. The molecule has 2 saturated carbocycles. The van der Waals surface area contributed by atoms with E-state index in [0.29, 0.717) is 5.92 Å². The van der Waals surface area contributed by atoms with Crippen LogP contribution in [0.2, 0.25) is 0 Å². The summed E-state index contributed by atoms with van der Waals surface area (Å²) < 4.78 is 0. The maximum absolute atomic E-state index is 6.37. The van der Waals surface area contributed by atoms with E-state index in [0.717, 1.165) is 47.8 Å². The average Bonchev–Trinajstić information content (AvgIpc) is 2.66. The van der Waals surface area contributed by atoms with Gasteiger partial charge in [-0.1, -0.05) is 72.6 Å². The van der Waals surface area contributed by atoms with Crippen LogP contribution in [0.3, 0.4) is 0 Å². The Morgan fingerprint density at radius 3 is 1.87 bits per heavy atom. The van der Waals surface area contributed by atoms with Gasteiger partial charge in [0.15, 0.2) is 0 Å². The number of rotatable bonds is 6. The molecular weight excluding hydrogens is 362 g/mol. The van der Waals surface area contributed by atoms with E-state index < -0.39 is 0 Å². The van der Waals surface area contributed by atoms with E-state index in [9.17, 15) is 0 Å². The number of hydrogen-bond donors (Lipinski definition) is 1. The van der Waals surface area contributed by atoms with Gasteiger partial charge in [-0.2, -0.15) is 0 Å². The molecule has 2 fully saturated rings. The molecule has 1 heteroatoms. The second-order valence-corrected chi connectivity index (χ2v) is 12.0. The van der Waals surface area contributed by atoms with E-state index in [1.54, 1.807) is 16.7 Å². The van der Waals surface area contributed by atoms with Gasteiger partial charge in [-0.25, -0.2) is 0 Å². The molecule has 1 aromatic rings. The molecule has 30 heavy (non-hydrogen) atoms. The van der Waals surface area contributed by atoms with Gasteiger partial charge >= 0.3 is 0 Å². The lowest BCUT2D eigenvalue weighted by Crippen LogP contribution is -2.32. The molecule has 7 unspecified atom stereocenters. The van der Waals surface area contributed by atoms with Crippen LogP contribution in [0.5, 0.6) is 0 Å². The molecule has 0 aromatic heterocycles. The standard InChI is InChI=1S/C29H49N/c1-18(2)24-13-11-20(5)15-27(24)26-10-8-9-23(17-22(7)30)29(26)28-16-21(6)12-14-25(28)19(3)4/h8-10,18-22,24-25,27-28H,11-17,30H2,1-7H3. The molecule has 7 atom stereocenters. The lowest BCUT2D eigenvalue weighted by molar-refractivity contribution is 0.182. The van der Waals surface area contributed by atoms with Gasteiger partial charge in [-0.3, -0.25) is 0 Å². The first-order valence-electron chi connectivity index (χ1n) is 13.1. The van der Waals surface area contributed by atoms with Gasteiger partial charge in [0.05, 0.1) is 0 Å². The molecule has 0 saturated heterocycles. The van der Waals surface area contributed by atoms with Crippen molar-refractivity contribution in [3.63, 3.8) is 0 Å². The first kappa shape index (κ1) is 23.8. The largest absolute Gasteiger partial charge is 0.328 e. The molecule has 0 aliphatic heterocycles. The summed E-state index contributed by atoms with van der Waals surface area (Å²) in [5.74, 6) is 6.28. The molecule has 2 aliphatic rings. The third-order valence-electron chi connectivity index (χ3n) is 8.59. The predicted molar refractivity (Wildman–Crippen MR) is 132 cm³/mol. The molecule has 1 nitrogen and oxygen atoms in total. The quantitative estimate of drug-likeness (QED) is 0.505. The van der Waals surface area contributed by atoms with Crippen molar-refractivity contribution in [3.05, 3.63) is 34.9 Å². The molecule has 3 rings (SSSR count). The Morgan fingerprint density at radius 1 is 0.800 bits per heavy atom. The zero-order valence-electron chi connectivity index (χ0n) is 21.0. The highest BCUT2D eigenvalue weighted by Crippen LogP contribution is 2.51. The third-order valence-corrected chi connectivity index (χ3v) is 8.59.